The predicted octanol–water partition coefficient (Wildman–Crippen LogP) is 1.76. The van der Waals surface area contributed by atoms with E-state index in [1.165, 1.54) is 16.6 Å². The zero-order chi connectivity index (χ0) is 15.9. The van der Waals surface area contributed by atoms with Gasteiger partial charge in [-0.25, -0.2) is 13.9 Å². The molecular formula is C15H12FN3O3. The zero-order valence-corrected chi connectivity index (χ0v) is 11.6. The summed E-state index contributed by atoms with van der Waals surface area (Å²) >= 11 is 0. The van der Waals surface area contributed by atoms with Gasteiger partial charge in [0.05, 0.1) is 17.7 Å². The predicted molar refractivity (Wildman–Crippen MR) is 77.3 cm³/mol. The summed E-state index contributed by atoms with van der Waals surface area (Å²) in [5.74, 6) is -1.49. The van der Waals surface area contributed by atoms with Crippen molar-refractivity contribution in [3.05, 3.63) is 57.8 Å². The summed E-state index contributed by atoms with van der Waals surface area (Å²) in [6.45, 7) is 1.59. The Balaban J connectivity index is 2.20. The van der Waals surface area contributed by atoms with Crippen molar-refractivity contribution in [1.82, 2.24) is 14.6 Å². The third-order valence-corrected chi connectivity index (χ3v) is 3.38. The van der Waals surface area contributed by atoms with Gasteiger partial charge >= 0.3 is 5.97 Å². The Morgan fingerprint density at radius 3 is 2.86 bits per heavy atom. The van der Waals surface area contributed by atoms with Crippen molar-refractivity contribution in [2.45, 2.75) is 13.3 Å². The lowest BCUT2D eigenvalue weighted by molar-refractivity contribution is -0.136. The lowest BCUT2D eigenvalue weighted by Crippen LogP contribution is -2.23. The van der Waals surface area contributed by atoms with Crippen LogP contribution in [0.4, 0.5) is 4.39 Å². The molecule has 112 valence electrons. The van der Waals surface area contributed by atoms with Gasteiger partial charge in [0, 0.05) is 17.3 Å². The Hall–Kier alpha value is -2.96. The number of hydrogen-bond donors (Lipinski definition) is 2. The largest absolute Gasteiger partial charge is 0.481 e. The number of rotatable bonds is 3. The minimum atomic E-state index is -1.10. The highest BCUT2D eigenvalue weighted by atomic mass is 19.1. The van der Waals surface area contributed by atoms with E-state index >= 15 is 0 Å². The second-order valence-corrected chi connectivity index (χ2v) is 4.93. The number of carboxylic acid groups (broad SMARTS) is 1. The van der Waals surface area contributed by atoms with Crippen LogP contribution in [0.15, 0.2) is 35.1 Å². The van der Waals surface area contributed by atoms with E-state index in [2.05, 4.69) is 10.1 Å². The molecule has 2 heterocycles. The average Bonchev–Trinajstić information content (AvgIpc) is 2.87. The van der Waals surface area contributed by atoms with Gasteiger partial charge in [0.15, 0.2) is 5.65 Å². The lowest BCUT2D eigenvalue weighted by atomic mass is 10.1. The fraction of sp³-hybridized carbons (Fsp3) is 0.133. The Morgan fingerprint density at radius 1 is 1.41 bits per heavy atom. The van der Waals surface area contributed by atoms with Crippen LogP contribution in [0.5, 0.6) is 0 Å². The van der Waals surface area contributed by atoms with E-state index in [9.17, 15) is 14.0 Å². The zero-order valence-electron chi connectivity index (χ0n) is 11.6. The van der Waals surface area contributed by atoms with Crippen LogP contribution < -0.4 is 5.56 Å². The van der Waals surface area contributed by atoms with Crippen molar-refractivity contribution in [3.63, 3.8) is 0 Å². The van der Waals surface area contributed by atoms with Gasteiger partial charge in [-0.2, -0.15) is 0 Å². The third kappa shape index (κ3) is 2.37. The molecule has 0 bridgehead atoms. The molecule has 0 saturated carbocycles. The second-order valence-electron chi connectivity index (χ2n) is 4.93. The average molecular weight is 301 g/mol. The first-order chi connectivity index (χ1) is 10.5. The van der Waals surface area contributed by atoms with Crippen LogP contribution in [0.1, 0.15) is 11.3 Å². The minimum absolute atomic E-state index is 0.123. The van der Waals surface area contributed by atoms with Crippen LogP contribution in [0.3, 0.4) is 0 Å². The summed E-state index contributed by atoms with van der Waals surface area (Å²) < 4.78 is 14.5. The molecule has 0 saturated heterocycles. The number of carbonyl (C=O) groups is 1. The molecule has 0 unspecified atom stereocenters. The first kappa shape index (κ1) is 14.0. The van der Waals surface area contributed by atoms with Crippen molar-refractivity contribution < 1.29 is 14.3 Å². The fourth-order valence-corrected chi connectivity index (χ4v) is 2.33. The Kier molecular flexibility index (Phi) is 3.25. The number of aromatic nitrogens is 3. The molecule has 2 aromatic heterocycles. The molecule has 7 heteroatoms. The normalized spacial score (nSPS) is 11.0. The smallest absolute Gasteiger partial charge is 0.308 e. The second kappa shape index (κ2) is 5.10. The SMILES string of the molecule is Cc1nc2cc(-c3cccc(F)c3)[nH]n2c(=O)c1CC(=O)O. The Bertz CT molecular complexity index is 943. The van der Waals surface area contributed by atoms with E-state index in [-0.39, 0.29) is 11.4 Å². The number of H-pyrrole nitrogens is 1. The van der Waals surface area contributed by atoms with Crippen LogP contribution in [0.2, 0.25) is 0 Å². The molecule has 0 fully saturated rings. The van der Waals surface area contributed by atoms with Crippen LogP contribution in [0, 0.1) is 12.7 Å². The van der Waals surface area contributed by atoms with E-state index < -0.39 is 17.9 Å². The molecule has 3 rings (SSSR count). The highest BCUT2D eigenvalue weighted by Gasteiger charge is 2.15. The molecule has 1 aromatic carbocycles. The summed E-state index contributed by atoms with van der Waals surface area (Å²) in [5.41, 5.74) is 1.48. The number of carboxylic acids is 1. The number of nitrogens with one attached hydrogen (secondary N) is 1. The van der Waals surface area contributed by atoms with Crippen LogP contribution in [-0.4, -0.2) is 25.7 Å². The number of aromatic amines is 1. The summed E-state index contributed by atoms with van der Waals surface area (Å²) in [6, 6.07) is 7.54. The quantitative estimate of drug-likeness (QED) is 0.771. The molecule has 22 heavy (non-hydrogen) atoms. The Labute approximate surface area is 123 Å². The first-order valence-electron chi connectivity index (χ1n) is 6.54. The number of hydrogen-bond acceptors (Lipinski definition) is 3. The van der Waals surface area contributed by atoms with Crippen molar-refractivity contribution in [2.24, 2.45) is 0 Å². The van der Waals surface area contributed by atoms with Gasteiger partial charge in [-0.05, 0) is 19.1 Å². The van der Waals surface area contributed by atoms with Crippen molar-refractivity contribution >= 4 is 11.6 Å². The topological polar surface area (TPSA) is 87.5 Å². The van der Waals surface area contributed by atoms with Crippen molar-refractivity contribution in [1.29, 1.82) is 0 Å². The van der Waals surface area contributed by atoms with Crippen molar-refractivity contribution in [3.8, 4) is 11.3 Å². The number of aryl methyl sites for hydroxylation is 1. The molecule has 0 spiro atoms. The molecule has 0 aliphatic carbocycles. The van der Waals surface area contributed by atoms with Gasteiger partial charge in [0.25, 0.3) is 5.56 Å². The molecule has 0 aliphatic rings. The number of benzene rings is 1. The third-order valence-electron chi connectivity index (χ3n) is 3.38. The van der Waals surface area contributed by atoms with E-state index in [0.717, 1.165) is 0 Å². The summed E-state index contributed by atoms with van der Waals surface area (Å²) in [6.07, 6.45) is -0.394. The van der Waals surface area contributed by atoms with E-state index in [4.69, 9.17) is 5.11 Å². The number of nitrogens with zero attached hydrogens (tertiary/aromatic N) is 2. The molecule has 3 aromatic rings. The summed E-state index contributed by atoms with van der Waals surface area (Å²) in [4.78, 5) is 27.4. The van der Waals surface area contributed by atoms with E-state index in [1.807, 2.05) is 0 Å². The molecule has 2 N–H and O–H groups in total. The molecule has 0 atom stereocenters. The summed E-state index contributed by atoms with van der Waals surface area (Å²) in [5, 5.41) is 11.7. The molecule has 0 radical (unpaired) electrons. The van der Waals surface area contributed by atoms with Gasteiger partial charge in [0.2, 0.25) is 0 Å². The first-order valence-corrected chi connectivity index (χ1v) is 6.54. The van der Waals surface area contributed by atoms with Gasteiger partial charge in [-0.1, -0.05) is 12.1 Å². The van der Waals surface area contributed by atoms with E-state index in [0.29, 0.717) is 22.6 Å². The van der Waals surface area contributed by atoms with Gasteiger partial charge in [-0.15, -0.1) is 0 Å². The van der Waals surface area contributed by atoms with Crippen molar-refractivity contribution in [2.75, 3.05) is 0 Å². The molecular weight excluding hydrogens is 289 g/mol. The highest BCUT2D eigenvalue weighted by molar-refractivity contribution is 5.71. The molecule has 0 aliphatic heterocycles. The minimum Gasteiger partial charge on any atom is -0.481 e. The number of fused-ring (bicyclic) bond motifs is 1. The van der Waals surface area contributed by atoms with Crippen LogP contribution >= 0.6 is 0 Å². The lowest BCUT2D eigenvalue weighted by Gasteiger charge is -2.02. The van der Waals surface area contributed by atoms with Crippen LogP contribution in [0.25, 0.3) is 16.9 Å². The molecule has 6 nitrogen and oxygen atoms in total. The van der Waals surface area contributed by atoms with E-state index in [1.54, 1.807) is 25.1 Å². The van der Waals surface area contributed by atoms with Crippen LogP contribution in [-0.2, 0) is 11.2 Å². The maximum Gasteiger partial charge on any atom is 0.308 e. The highest BCUT2D eigenvalue weighted by Crippen LogP contribution is 2.19. The van der Waals surface area contributed by atoms with Gasteiger partial charge < -0.3 is 5.11 Å². The maximum absolute atomic E-state index is 13.3. The number of aliphatic carboxylic acids is 1. The maximum atomic E-state index is 13.3. The monoisotopic (exact) mass is 301 g/mol. The summed E-state index contributed by atoms with van der Waals surface area (Å²) in [7, 11) is 0. The van der Waals surface area contributed by atoms with Gasteiger partial charge in [0.1, 0.15) is 5.82 Å². The Morgan fingerprint density at radius 2 is 2.18 bits per heavy atom. The van der Waals surface area contributed by atoms with Gasteiger partial charge in [-0.3, -0.25) is 14.7 Å². The standard InChI is InChI=1S/C15H12FN3O3/c1-8-11(6-14(20)21)15(22)19-13(17-8)7-12(18-19)9-3-2-4-10(16)5-9/h2-5,7,18H,6H2,1H3,(H,20,21). The fourth-order valence-electron chi connectivity index (χ4n) is 2.33. The number of halogens is 1. The molecule has 0 amide bonds.